The molecule has 1 heterocycles. The average Bonchev–Trinajstić information content (AvgIpc) is 2.39. The van der Waals surface area contributed by atoms with Crippen LogP contribution in [0.15, 0.2) is 42.5 Å². The molecule has 3 heteroatoms. The lowest BCUT2D eigenvalue weighted by molar-refractivity contribution is 0.0726. The Morgan fingerprint density at radius 2 is 1.84 bits per heavy atom. The first-order valence-corrected chi connectivity index (χ1v) is 6.32. The fourth-order valence-corrected chi connectivity index (χ4v) is 1.86. The summed E-state index contributed by atoms with van der Waals surface area (Å²) in [5.41, 5.74) is 2.15. The third-order valence-corrected chi connectivity index (χ3v) is 2.84. The van der Waals surface area contributed by atoms with Gasteiger partial charge >= 0.3 is 5.97 Å². The molecule has 0 aliphatic rings. The molecule has 2 aromatic rings. The quantitative estimate of drug-likeness (QED) is 0.619. The Kier molecular flexibility index (Phi) is 3.95. The second-order valence-electron chi connectivity index (χ2n) is 4.75. The van der Waals surface area contributed by atoms with Gasteiger partial charge < -0.3 is 4.74 Å². The highest BCUT2D eigenvalue weighted by Gasteiger charge is 2.14. The summed E-state index contributed by atoms with van der Waals surface area (Å²) in [6.07, 6.45) is 0. The normalized spacial score (nSPS) is 10.5. The Labute approximate surface area is 113 Å². The number of hydrogen-bond donors (Lipinski definition) is 0. The van der Waals surface area contributed by atoms with Gasteiger partial charge in [-0.2, -0.15) is 0 Å². The van der Waals surface area contributed by atoms with E-state index >= 15 is 0 Å². The Balaban J connectivity index is 2.24. The molecule has 0 aliphatic carbocycles. The molecule has 0 amide bonds. The fraction of sp³-hybridized carbons (Fsp3) is 0.250. The molecule has 1 aromatic heterocycles. The molecule has 0 spiro atoms. The molecular formula is C16H17NO2. The molecule has 0 aliphatic heterocycles. The first-order chi connectivity index (χ1) is 9.08. The van der Waals surface area contributed by atoms with E-state index in [0.717, 1.165) is 11.3 Å². The van der Waals surface area contributed by atoms with Crippen molar-refractivity contribution < 1.29 is 9.53 Å². The van der Waals surface area contributed by atoms with E-state index in [0.29, 0.717) is 17.4 Å². The van der Waals surface area contributed by atoms with Crippen LogP contribution in [-0.4, -0.2) is 11.0 Å². The molecule has 0 saturated heterocycles. The van der Waals surface area contributed by atoms with Gasteiger partial charge in [0.05, 0.1) is 0 Å². The molecule has 0 radical (unpaired) electrons. The van der Waals surface area contributed by atoms with E-state index in [-0.39, 0.29) is 0 Å². The summed E-state index contributed by atoms with van der Waals surface area (Å²) < 4.78 is 5.45. The molecular weight excluding hydrogens is 238 g/mol. The Morgan fingerprint density at radius 1 is 1.11 bits per heavy atom. The number of pyridine rings is 1. The van der Waals surface area contributed by atoms with Crippen LogP contribution in [-0.2, 0) is 0 Å². The first kappa shape index (κ1) is 13.3. The number of para-hydroxylation sites is 1. The van der Waals surface area contributed by atoms with E-state index in [2.05, 4.69) is 18.8 Å². The highest BCUT2D eigenvalue weighted by Crippen LogP contribution is 2.26. The van der Waals surface area contributed by atoms with E-state index < -0.39 is 5.97 Å². The molecule has 3 nitrogen and oxygen atoms in total. The Hall–Kier alpha value is -2.16. The van der Waals surface area contributed by atoms with Gasteiger partial charge in [-0.1, -0.05) is 38.1 Å². The van der Waals surface area contributed by atoms with Crippen molar-refractivity contribution in [3.63, 3.8) is 0 Å². The van der Waals surface area contributed by atoms with Gasteiger partial charge in [0.25, 0.3) is 0 Å². The van der Waals surface area contributed by atoms with Gasteiger partial charge in [0.15, 0.2) is 0 Å². The van der Waals surface area contributed by atoms with Gasteiger partial charge in [-0.3, -0.25) is 0 Å². The number of esters is 1. The number of nitrogens with zero attached hydrogens (tertiary/aromatic N) is 1. The minimum absolute atomic E-state index is 0.300. The van der Waals surface area contributed by atoms with Crippen molar-refractivity contribution in [2.75, 3.05) is 0 Å². The maximum absolute atomic E-state index is 12.1. The van der Waals surface area contributed by atoms with Gasteiger partial charge in [0.1, 0.15) is 11.4 Å². The van der Waals surface area contributed by atoms with Gasteiger partial charge in [0.2, 0.25) is 0 Å². The van der Waals surface area contributed by atoms with Crippen molar-refractivity contribution in [1.29, 1.82) is 0 Å². The van der Waals surface area contributed by atoms with Crippen LogP contribution in [0, 0.1) is 6.92 Å². The smallest absolute Gasteiger partial charge is 0.362 e. The Morgan fingerprint density at radius 3 is 2.53 bits per heavy atom. The number of carbonyl (C=O) groups is 1. The number of rotatable bonds is 3. The summed E-state index contributed by atoms with van der Waals surface area (Å²) in [4.78, 5) is 16.2. The average molecular weight is 255 g/mol. The molecule has 98 valence electrons. The van der Waals surface area contributed by atoms with E-state index in [9.17, 15) is 4.79 Å². The molecule has 0 bridgehead atoms. The molecule has 19 heavy (non-hydrogen) atoms. The zero-order valence-corrected chi connectivity index (χ0v) is 11.4. The fourth-order valence-electron chi connectivity index (χ4n) is 1.86. The maximum Gasteiger partial charge on any atom is 0.362 e. The van der Waals surface area contributed by atoms with Crippen molar-refractivity contribution in [1.82, 2.24) is 4.98 Å². The second-order valence-corrected chi connectivity index (χ2v) is 4.75. The summed E-state index contributed by atoms with van der Waals surface area (Å²) in [5.74, 6) is 0.483. The minimum atomic E-state index is -0.420. The summed E-state index contributed by atoms with van der Waals surface area (Å²) in [7, 11) is 0. The first-order valence-electron chi connectivity index (χ1n) is 6.32. The lowest BCUT2D eigenvalue weighted by atomic mass is 10.0. The van der Waals surface area contributed by atoms with Crippen LogP contribution in [0.25, 0.3) is 0 Å². The number of ether oxygens (including phenoxy) is 1. The van der Waals surface area contributed by atoms with Gasteiger partial charge in [-0.15, -0.1) is 0 Å². The van der Waals surface area contributed by atoms with E-state index in [1.165, 1.54) is 0 Å². The second kappa shape index (κ2) is 5.65. The highest BCUT2D eigenvalue weighted by atomic mass is 16.5. The molecule has 0 atom stereocenters. The molecule has 0 N–H and O–H groups in total. The predicted octanol–water partition coefficient (Wildman–Crippen LogP) is 3.73. The van der Waals surface area contributed by atoms with Crippen LogP contribution in [0.1, 0.15) is 41.5 Å². The molecule has 1 aromatic carbocycles. The van der Waals surface area contributed by atoms with Crippen molar-refractivity contribution in [2.24, 2.45) is 0 Å². The monoisotopic (exact) mass is 255 g/mol. The van der Waals surface area contributed by atoms with Crippen LogP contribution in [0.4, 0.5) is 0 Å². The lowest BCUT2D eigenvalue weighted by Crippen LogP contribution is -2.12. The van der Waals surface area contributed by atoms with Crippen molar-refractivity contribution in [2.45, 2.75) is 26.7 Å². The summed E-state index contributed by atoms with van der Waals surface area (Å²) in [6, 6.07) is 12.9. The molecule has 0 fully saturated rings. The lowest BCUT2D eigenvalue weighted by Gasteiger charge is -2.12. The van der Waals surface area contributed by atoms with Crippen molar-refractivity contribution in [3.05, 3.63) is 59.4 Å². The SMILES string of the molecule is Cc1cccc(C(=O)Oc2ccccc2C(C)C)n1. The summed E-state index contributed by atoms with van der Waals surface area (Å²) in [6.45, 7) is 5.98. The van der Waals surface area contributed by atoms with E-state index in [4.69, 9.17) is 4.74 Å². The number of benzene rings is 1. The summed E-state index contributed by atoms with van der Waals surface area (Å²) in [5, 5.41) is 0. The number of carbonyl (C=O) groups excluding carboxylic acids is 1. The third-order valence-electron chi connectivity index (χ3n) is 2.84. The zero-order valence-electron chi connectivity index (χ0n) is 11.4. The number of aryl methyl sites for hydroxylation is 1. The maximum atomic E-state index is 12.1. The largest absolute Gasteiger partial charge is 0.422 e. The zero-order chi connectivity index (χ0) is 13.8. The third kappa shape index (κ3) is 3.19. The van der Waals surface area contributed by atoms with Crippen LogP contribution in [0.2, 0.25) is 0 Å². The Bertz CT molecular complexity index is 591. The number of hydrogen-bond acceptors (Lipinski definition) is 3. The van der Waals surface area contributed by atoms with Gasteiger partial charge in [-0.25, -0.2) is 9.78 Å². The van der Waals surface area contributed by atoms with Crippen LogP contribution >= 0.6 is 0 Å². The predicted molar refractivity (Wildman–Crippen MR) is 74.5 cm³/mol. The van der Waals surface area contributed by atoms with Gasteiger partial charge in [-0.05, 0) is 36.6 Å². The van der Waals surface area contributed by atoms with Crippen molar-refractivity contribution >= 4 is 5.97 Å². The summed E-state index contributed by atoms with van der Waals surface area (Å²) >= 11 is 0. The standard InChI is InChI=1S/C16H17NO2/c1-11(2)13-8-4-5-10-15(13)19-16(18)14-9-6-7-12(3)17-14/h4-11H,1-3H3. The minimum Gasteiger partial charge on any atom is -0.422 e. The highest BCUT2D eigenvalue weighted by molar-refractivity contribution is 5.89. The van der Waals surface area contributed by atoms with Crippen LogP contribution in [0.3, 0.4) is 0 Å². The van der Waals surface area contributed by atoms with Crippen molar-refractivity contribution in [3.8, 4) is 5.75 Å². The van der Waals surface area contributed by atoms with Gasteiger partial charge in [0, 0.05) is 5.69 Å². The van der Waals surface area contributed by atoms with E-state index in [1.54, 1.807) is 12.1 Å². The molecule has 0 unspecified atom stereocenters. The molecule has 0 saturated carbocycles. The van der Waals surface area contributed by atoms with Crippen LogP contribution < -0.4 is 4.74 Å². The van der Waals surface area contributed by atoms with E-state index in [1.807, 2.05) is 37.3 Å². The molecule has 2 rings (SSSR count). The topological polar surface area (TPSA) is 39.2 Å². The number of aromatic nitrogens is 1. The van der Waals surface area contributed by atoms with Crippen LogP contribution in [0.5, 0.6) is 5.75 Å².